The van der Waals surface area contributed by atoms with Crippen molar-refractivity contribution in [1.82, 2.24) is 4.98 Å². The number of aromatic amines is 1. The molecular weight excluding hydrogens is 246 g/mol. The minimum Gasteiger partial charge on any atom is -0.466 e. The summed E-state index contributed by atoms with van der Waals surface area (Å²) in [6.45, 7) is 1.70. The van der Waals surface area contributed by atoms with Gasteiger partial charge in [0.05, 0.1) is 18.6 Å². The average Bonchev–Trinajstić information content (AvgIpc) is 2.29. The Morgan fingerprint density at radius 1 is 1.56 bits per heavy atom. The molecule has 1 aromatic heterocycles. The fourth-order valence-electron chi connectivity index (χ4n) is 1.61. The van der Waals surface area contributed by atoms with Gasteiger partial charge in [-0.25, -0.2) is 8.78 Å². The Kier molecular flexibility index (Phi) is 4.96. The van der Waals surface area contributed by atoms with Gasteiger partial charge in [0.25, 0.3) is 12.0 Å². The van der Waals surface area contributed by atoms with Crippen LogP contribution >= 0.6 is 0 Å². The topological polar surface area (TPSA) is 85.2 Å². The lowest BCUT2D eigenvalue weighted by Crippen LogP contribution is -2.22. The molecule has 0 unspecified atom stereocenters. The van der Waals surface area contributed by atoms with Gasteiger partial charge in [-0.1, -0.05) is 0 Å². The maximum atomic E-state index is 12.8. The van der Waals surface area contributed by atoms with Crippen LogP contribution in [0.2, 0.25) is 0 Å². The van der Waals surface area contributed by atoms with Gasteiger partial charge in [-0.05, 0) is 18.1 Å². The van der Waals surface area contributed by atoms with Crippen LogP contribution < -0.4 is 11.3 Å². The predicted octanol–water partition coefficient (Wildman–Crippen LogP) is 0.877. The zero-order valence-electron chi connectivity index (χ0n) is 9.83. The van der Waals surface area contributed by atoms with E-state index in [4.69, 9.17) is 5.73 Å². The van der Waals surface area contributed by atoms with Gasteiger partial charge in [0.1, 0.15) is 0 Å². The maximum Gasteiger partial charge on any atom is 0.310 e. The predicted molar refractivity (Wildman–Crippen MR) is 60.2 cm³/mol. The number of nitrogens with two attached hydrogens (primary N) is 1. The Balaban J connectivity index is 3.24. The minimum absolute atomic E-state index is 0.0466. The summed E-state index contributed by atoms with van der Waals surface area (Å²) in [6.07, 6.45) is -2.11. The molecule has 5 nitrogen and oxygen atoms in total. The number of carbonyl (C=O) groups is 1. The number of alkyl halides is 2. The number of aromatic nitrogens is 1. The quantitative estimate of drug-likeness (QED) is 0.769. The van der Waals surface area contributed by atoms with E-state index in [-0.39, 0.29) is 25.1 Å². The molecule has 0 saturated heterocycles. The Morgan fingerprint density at radius 2 is 2.22 bits per heavy atom. The Hall–Kier alpha value is -1.76. The molecule has 0 saturated carbocycles. The first-order valence-corrected chi connectivity index (χ1v) is 5.38. The van der Waals surface area contributed by atoms with Crippen molar-refractivity contribution in [2.75, 3.05) is 6.61 Å². The SMILES string of the molecule is CCOC(=O)Cc1c(CN)c[nH]c(=O)c1C(F)F. The lowest BCUT2D eigenvalue weighted by atomic mass is 10.0. The number of rotatable bonds is 5. The first kappa shape index (κ1) is 14.3. The second-order valence-corrected chi connectivity index (χ2v) is 3.52. The summed E-state index contributed by atoms with van der Waals surface area (Å²) in [4.78, 5) is 24.9. The molecule has 0 atom stereocenters. The van der Waals surface area contributed by atoms with Crippen molar-refractivity contribution in [3.63, 3.8) is 0 Å². The molecule has 0 fully saturated rings. The highest BCUT2D eigenvalue weighted by molar-refractivity contribution is 5.73. The third-order valence-electron chi connectivity index (χ3n) is 2.40. The Bertz CT molecular complexity index is 486. The van der Waals surface area contributed by atoms with Crippen molar-refractivity contribution in [2.45, 2.75) is 26.3 Å². The lowest BCUT2D eigenvalue weighted by molar-refractivity contribution is -0.142. The number of hydrogen-bond donors (Lipinski definition) is 2. The zero-order chi connectivity index (χ0) is 13.7. The van der Waals surface area contributed by atoms with Crippen LogP contribution in [0.3, 0.4) is 0 Å². The monoisotopic (exact) mass is 260 g/mol. The van der Waals surface area contributed by atoms with Crippen molar-refractivity contribution < 1.29 is 18.3 Å². The number of H-pyrrole nitrogens is 1. The largest absolute Gasteiger partial charge is 0.466 e. The van der Waals surface area contributed by atoms with Crippen molar-refractivity contribution in [2.24, 2.45) is 5.73 Å². The third kappa shape index (κ3) is 3.13. The highest BCUT2D eigenvalue weighted by atomic mass is 19.3. The second kappa shape index (κ2) is 6.25. The molecule has 100 valence electrons. The Labute approximate surface area is 102 Å². The van der Waals surface area contributed by atoms with Crippen LogP contribution in [0.5, 0.6) is 0 Å². The normalized spacial score (nSPS) is 10.7. The highest BCUT2D eigenvalue weighted by Gasteiger charge is 2.22. The summed E-state index contributed by atoms with van der Waals surface area (Å²) in [7, 11) is 0. The zero-order valence-corrected chi connectivity index (χ0v) is 9.83. The van der Waals surface area contributed by atoms with Gasteiger partial charge in [0.2, 0.25) is 0 Å². The number of esters is 1. The Morgan fingerprint density at radius 3 is 2.72 bits per heavy atom. The summed E-state index contributed by atoms with van der Waals surface area (Å²) in [5, 5.41) is 0. The molecule has 3 N–H and O–H groups in total. The molecule has 1 heterocycles. The van der Waals surface area contributed by atoms with E-state index in [0.29, 0.717) is 5.56 Å². The van der Waals surface area contributed by atoms with Gasteiger partial charge in [-0.15, -0.1) is 0 Å². The van der Waals surface area contributed by atoms with Crippen LogP contribution in [0.25, 0.3) is 0 Å². The van der Waals surface area contributed by atoms with Crippen LogP contribution in [-0.4, -0.2) is 17.6 Å². The van der Waals surface area contributed by atoms with Gasteiger partial charge >= 0.3 is 5.97 Å². The molecule has 1 aromatic rings. The highest BCUT2D eigenvalue weighted by Crippen LogP contribution is 2.22. The fourth-order valence-corrected chi connectivity index (χ4v) is 1.61. The number of nitrogens with one attached hydrogen (secondary N) is 1. The number of hydrogen-bond acceptors (Lipinski definition) is 4. The number of halogens is 2. The van der Waals surface area contributed by atoms with Gasteiger partial charge < -0.3 is 15.5 Å². The van der Waals surface area contributed by atoms with E-state index in [9.17, 15) is 18.4 Å². The lowest BCUT2D eigenvalue weighted by Gasteiger charge is -2.11. The van der Waals surface area contributed by atoms with Crippen molar-refractivity contribution in [3.05, 3.63) is 33.2 Å². The molecule has 0 aliphatic carbocycles. The molecule has 0 bridgehead atoms. The van der Waals surface area contributed by atoms with Crippen LogP contribution in [0.1, 0.15) is 30.0 Å². The molecule has 0 aliphatic rings. The first-order valence-electron chi connectivity index (χ1n) is 5.38. The van der Waals surface area contributed by atoms with Crippen LogP contribution in [0.4, 0.5) is 8.78 Å². The number of pyridine rings is 1. The molecule has 1 rings (SSSR count). The molecule has 0 aliphatic heterocycles. The van der Waals surface area contributed by atoms with Crippen molar-refractivity contribution >= 4 is 5.97 Å². The molecule has 18 heavy (non-hydrogen) atoms. The molecule has 7 heteroatoms. The van der Waals surface area contributed by atoms with Gasteiger partial charge in [0.15, 0.2) is 0 Å². The summed E-state index contributed by atoms with van der Waals surface area (Å²) in [6, 6.07) is 0. The van der Waals surface area contributed by atoms with Crippen molar-refractivity contribution in [3.8, 4) is 0 Å². The molecule has 0 radical (unpaired) electrons. The third-order valence-corrected chi connectivity index (χ3v) is 2.40. The van der Waals surface area contributed by atoms with Gasteiger partial charge in [0, 0.05) is 12.7 Å². The summed E-state index contributed by atoms with van der Waals surface area (Å²) >= 11 is 0. The maximum absolute atomic E-state index is 12.8. The van der Waals surface area contributed by atoms with E-state index in [1.807, 2.05) is 0 Å². The van der Waals surface area contributed by atoms with Crippen molar-refractivity contribution in [1.29, 1.82) is 0 Å². The van der Waals surface area contributed by atoms with Gasteiger partial charge in [-0.2, -0.15) is 0 Å². The van der Waals surface area contributed by atoms with E-state index in [1.165, 1.54) is 6.20 Å². The summed E-state index contributed by atoms with van der Waals surface area (Å²) in [5.41, 5.74) is 4.03. The summed E-state index contributed by atoms with van der Waals surface area (Å²) in [5.74, 6) is -0.667. The number of ether oxygens (including phenoxy) is 1. The van der Waals surface area contributed by atoms with E-state index >= 15 is 0 Å². The van der Waals surface area contributed by atoms with Crippen LogP contribution in [-0.2, 0) is 22.5 Å². The van der Waals surface area contributed by atoms with Crippen LogP contribution in [0.15, 0.2) is 11.0 Å². The summed E-state index contributed by atoms with van der Waals surface area (Å²) < 4.78 is 30.3. The molecular formula is C11H14F2N2O3. The van der Waals surface area contributed by atoms with E-state index < -0.39 is 23.5 Å². The van der Waals surface area contributed by atoms with Gasteiger partial charge in [-0.3, -0.25) is 9.59 Å². The molecule has 0 amide bonds. The second-order valence-electron chi connectivity index (χ2n) is 3.52. The fraction of sp³-hybridized carbons (Fsp3) is 0.455. The van der Waals surface area contributed by atoms with Crippen LogP contribution in [0, 0.1) is 0 Å². The minimum atomic E-state index is -2.97. The molecule has 0 aromatic carbocycles. The smallest absolute Gasteiger partial charge is 0.310 e. The van der Waals surface area contributed by atoms with E-state index in [0.717, 1.165) is 0 Å². The average molecular weight is 260 g/mol. The van der Waals surface area contributed by atoms with E-state index in [2.05, 4.69) is 9.72 Å². The van der Waals surface area contributed by atoms with E-state index in [1.54, 1.807) is 6.92 Å². The number of carbonyl (C=O) groups excluding carboxylic acids is 1. The molecule has 0 spiro atoms. The first-order chi connectivity index (χ1) is 8.51. The standard InChI is InChI=1S/C11H14F2N2O3/c1-2-18-8(16)3-7-6(4-14)5-15-11(17)9(7)10(12)13/h5,10H,2-4,14H2,1H3,(H,15,17).